The fourth-order valence-corrected chi connectivity index (χ4v) is 1.65. The summed E-state index contributed by atoms with van der Waals surface area (Å²) in [5.74, 6) is 0.822. The van der Waals surface area contributed by atoms with E-state index in [9.17, 15) is 0 Å². The first-order chi connectivity index (χ1) is 6.70. The van der Waals surface area contributed by atoms with Crippen molar-refractivity contribution >= 4 is 5.69 Å². The van der Waals surface area contributed by atoms with Crippen molar-refractivity contribution in [3.05, 3.63) is 18.0 Å². The Kier molecular flexibility index (Phi) is 2.29. The highest BCUT2D eigenvalue weighted by Gasteiger charge is 2.25. The molecule has 4 nitrogen and oxygen atoms in total. The minimum Gasteiger partial charge on any atom is -0.493 e. The van der Waals surface area contributed by atoms with E-state index in [2.05, 4.69) is 9.88 Å². The molecule has 0 bridgehead atoms. The lowest BCUT2D eigenvalue weighted by atomic mass is 10.1. The zero-order valence-electron chi connectivity index (χ0n) is 8.53. The number of hydrogen-bond acceptors (Lipinski definition) is 4. The minimum absolute atomic E-state index is 0.299. The molecule has 0 atom stereocenters. The third-order valence-corrected chi connectivity index (χ3v) is 2.45. The number of aromatic nitrogens is 1. The highest BCUT2D eigenvalue weighted by molar-refractivity contribution is 5.60. The van der Waals surface area contributed by atoms with Crippen molar-refractivity contribution in [1.82, 2.24) is 4.98 Å². The maximum Gasteiger partial charge on any atom is 0.160 e. The van der Waals surface area contributed by atoms with Crippen LogP contribution in [0.4, 0.5) is 5.69 Å². The van der Waals surface area contributed by atoms with Gasteiger partial charge in [-0.15, -0.1) is 0 Å². The molecule has 14 heavy (non-hydrogen) atoms. The standard InChI is InChI=1S/C10H15N3O/c1-7-3-9(10(14-2)4-12-7)13-5-8(11)6-13/h3-4,8H,5-6,11H2,1-2H3. The zero-order chi connectivity index (χ0) is 10.1. The van der Waals surface area contributed by atoms with Gasteiger partial charge in [-0.2, -0.15) is 0 Å². The number of nitrogens with zero attached hydrogens (tertiary/aromatic N) is 2. The summed E-state index contributed by atoms with van der Waals surface area (Å²) in [6.07, 6.45) is 1.76. The monoisotopic (exact) mass is 193 g/mol. The summed E-state index contributed by atoms with van der Waals surface area (Å²) in [4.78, 5) is 6.39. The smallest absolute Gasteiger partial charge is 0.160 e. The molecule has 1 aromatic rings. The van der Waals surface area contributed by atoms with Crippen molar-refractivity contribution in [2.24, 2.45) is 5.73 Å². The molecule has 0 saturated carbocycles. The first-order valence-corrected chi connectivity index (χ1v) is 4.72. The number of aryl methyl sites for hydroxylation is 1. The summed E-state index contributed by atoms with van der Waals surface area (Å²) in [5.41, 5.74) is 7.84. The molecular weight excluding hydrogens is 178 g/mol. The van der Waals surface area contributed by atoms with Gasteiger partial charge >= 0.3 is 0 Å². The van der Waals surface area contributed by atoms with Gasteiger partial charge in [0.1, 0.15) is 0 Å². The Balaban J connectivity index is 2.26. The molecule has 4 heteroatoms. The second-order valence-corrected chi connectivity index (χ2v) is 3.66. The molecule has 1 fully saturated rings. The first-order valence-electron chi connectivity index (χ1n) is 4.72. The summed E-state index contributed by atoms with van der Waals surface area (Å²) < 4.78 is 5.25. The molecule has 2 rings (SSSR count). The molecule has 0 unspecified atom stereocenters. The quantitative estimate of drug-likeness (QED) is 0.745. The number of ether oxygens (including phenoxy) is 1. The lowest BCUT2D eigenvalue weighted by molar-refractivity contribution is 0.407. The van der Waals surface area contributed by atoms with Crippen LogP contribution in [0.3, 0.4) is 0 Å². The van der Waals surface area contributed by atoms with E-state index in [1.165, 1.54) is 0 Å². The van der Waals surface area contributed by atoms with E-state index in [-0.39, 0.29) is 0 Å². The summed E-state index contributed by atoms with van der Waals surface area (Å²) >= 11 is 0. The van der Waals surface area contributed by atoms with Crippen molar-refractivity contribution in [2.75, 3.05) is 25.1 Å². The lowest BCUT2D eigenvalue weighted by Crippen LogP contribution is -2.56. The molecule has 0 radical (unpaired) electrons. The van der Waals surface area contributed by atoms with E-state index in [1.54, 1.807) is 13.3 Å². The molecule has 1 aliphatic rings. The van der Waals surface area contributed by atoms with Gasteiger partial charge in [-0.3, -0.25) is 4.98 Å². The Hall–Kier alpha value is -1.29. The van der Waals surface area contributed by atoms with Gasteiger partial charge in [0.25, 0.3) is 0 Å². The zero-order valence-corrected chi connectivity index (χ0v) is 8.53. The molecule has 0 aromatic carbocycles. The Labute approximate surface area is 83.7 Å². The largest absolute Gasteiger partial charge is 0.493 e. The summed E-state index contributed by atoms with van der Waals surface area (Å²) in [6, 6.07) is 2.33. The highest BCUT2D eigenvalue weighted by atomic mass is 16.5. The number of anilines is 1. The fourth-order valence-electron chi connectivity index (χ4n) is 1.65. The average Bonchev–Trinajstić information content (AvgIpc) is 2.13. The van der Waals surface area contributed by atoms with Gasteiger partial charge in [-0.25, -0.2) is 0 Å². The average molecular weight is 193 g/mol. The van der Waals surface area contributed by atoms with E-state index < -0.39 is 0 Å². The number of nitrogens with two attached hydrogens (primary N) is 1. The number of rotatable bonds is 2. The van der Waals surface area contributed by atoms with Crippen molar-refractivity contribution in [3.8, 4) is 5.75 Å². The van der Waals surface area contributed by atoms with Crippen LogP contribution in [0.15, 0.2) is 12.3 Å². The number of pyridine rings is 1. The summed E-state index contributed by atoms with van der Waals surface area (Å²) in [6.45, 7) is 3.78. The molecule has 2 N–H and O–H groups in total. The van der Waals surface area contributed by atoms with Crippen LogP contribution in [-0.2, 0) is 0 Å². The second-order valence-electron chi connectivity index (χ2n) is 3.66. The molecule has 0 spiro atoms. The minimum atomic E-state index is 0.299. The first kappa shape index (κ1) is 9.27. The van der Waals surface area contributed by atoms with Crippen molar-refractivity contribution in [2.45, 2.75) is 13.0 Å². The lowest BCUT2D eigenvalue weighted by Gasteiger charge is -2.39. The number of methoxy groups -OCH3 is 1. The molecule has 76 valence electrons. The van der Waals surface area contributed by atoms with Crippen molar-refractivity contribution in [1.29, 1.82) is 0 Å². The molecule has 1 aromatic heterocycles. The third-order valence-electron chi connectivity index (χ3n) is 2.45. The van der Waals surface area contributed by atoms with Gasteiger partial charge in [-0.1, -0.05) is 0 Å². The van der Waals surface area contributed by atoms with Crippen LogP contribution >= 0.6 is 0 Å². The van der Waals surface area contributed by atoms with Gasteiger partial charge in [0, 0.05) is 24.8 Å². The van der Waals surface area contributed by atoms with Crippen molar-refractivity contribution < 1.29 is 4.74 Å². The van der Waals surface area contributed by atoms with Crippen molar-refractivity contribution in [3.63, 3.8) is 0 Å². The topological polar surface area (TPSA) is 51.4 Å². The predicted octanol–water partition coefficient (Wildman–Crippen LogP) is 0.546. The van der Waals surface area contributed by atoms with Gasteiger partial charge in [0.05, 0.1) is 19.0 Å². The van der Waals surface area contributed by atoms with E-state index in [0.717, 1.165) is 30.2 Å². The van der Waals surface area contributed by atoms with Gasteiger partial charge < -0.3 is 15.4 Å². The molecule has 0 amide bonds. The normalized spacial score (nSPS) is 16.6. The predicted molar refractivity (Wildman–Crippen MR) is 55.7 cm³/mol. The number of hydrogen-bond donors (Lipinski definition) is 1. The Morgan fingerprint density at radius 2 is 2.29 bits per heavy atom. The van der Waals surface area contributed by atoms with Crippen LogP contribution in [0.5, 0.6) is 5.75 Å². The summed E-state index contributed by atoms with van der Waals surface area (Å²) in [7, 11) is 1.66. The summed E-state index contributed by atoms with van der Waals surface area (Å²) in [5, 5.41) is 0. The Morgan fingerprint density at radius 1 is 1.57 bits per heavy atom. The highest BCUT2D eigenvalue weighted by Crippen LogP contribution is 2.30. The maximum atomic E-state index is 5.74. The molecular formula is C10H15N3O. The Morgan fingerprint density at radius 3 is 2.86 bits per heavy atom. The molecule has 0 aliphatic carbocycles. The molecule has 1 saturated heterocycles. The van der Waals surface area contributed by atoms with Crippen LogP contribution in [0, 0.1) is 6.92 Å². The van der Waals surface area contributed by atoms with E-state index in [0.29, 0.717) is 6.04 Å². The van der Waals surface area contributed by atoms with E-state index in [4.69, 9.17) is 10.5 Å². The second kappa shape index (κ2) is 3.46. The molecule has 2 heterocycles. The van der Waals surface area contributed by atoms with Crippen LogP contribution in [0.25, 0.3) is 0 Å². The Bertz CT molecular complexity index is 334. The van der Waals surface area contributed by atoms with Gasteiger partial charge in [0.2, 0.25) is 0 Å². The van der Waals surface area contributed by atoms with Crippen LogP contribution in [0.1, 0.15) is 5.69 Å². The van der Waals surface area contributed by atoms with Crippen LogP contribution in [0.2, 0.25) is 0 Å². The molecule has 1 aliphatic heterocycles. The SMILES string of the molecule is COc1cnc(C)cc1N1CC(N)C1. The van der Waals surface area contributed by atoms with Crippen LogP contribution < -0.4 is 15.4 Å². The van der Waals surface area contributed by atoms with E-state index in [1.807, 2.05) is 13.0 Å². The maximum absolute atomic E-state index is 5.74. The van der Waals surface area contributed by atoms with Gasteiger partial charge in [0.15, 0.2) is 5.75 Å². The fraction of sp³-hybridized carbons (Fsp3) is 0.500. The third kappa shape index (κ3) is 1.53. The van der Waals surface area contributed by atoms with E-state index >= 15 is 0 Å². The van der Waals surface area contributed by atoms with Crippen LogP contribution in [-0.4, -0.2) is 31.2 Å². The van der Waals surface area contributed by atoms with Gasteiger partial charge in [-0.05, 0) is 13.0 Å².